The Kier molecular flexibility index (Phi) is 6.36. The lowest BCUT2D eigenvalue weighted by Crippen LogP contribution is -2.55. The largest absolute Gasteiger partial charge is 0.384 e. The Balaban J connectivity index is 1.31. The Labute approximate surface area is 143 Å². The van der Waals surface area contributed by atoms with Gasteiger partial charge in [-0.1, -0.05) is 0 Å². The smallest absolute Gasteiger partial charge is 0.0491 e. The molecule has 0 aromatic rings. The fourth-order valence-corrected chi connectivity index (χ4v) is 4.70. The lowest BCUT2D eigenvalue weighted by Gasteiger charge is -2.47. The van der Waals surface area contributed by atoms with E-state index < -0.39 is 0 Å². The molecular formula is C19H37N3O. The van der Waals surface area contributed by atoms with Gasteiger partial charge in [0.15, 0.2) is 0 Å². The van der Waals surface area contributed by atoms with Crippen LogP contribution in [-0.4, -0.2) is 86.3 Å². The van der Waals surface area contributed by atoms with Crippen LogP contribution in [0.5, 0.6) is 0 Å². The van der Waals surface area contributed by atoms with Crippen molar-refractivity contribution in [2.45, 2.75) is 51.6 Å². The predicted molar refractivity (Wildman–Crippen MR) is 95.8 cm³/mol. The van der Waals surface area contributed by atoms with Gasteiger partial charge in [0, 0.05) is 58.5 Å². The minimum Gasteiger partial charge on any atom is -0.384 e. The van der Waals surface area contributed by atoms with Crippen LogP contribution in [0, 0.1) is 11.8 Å². The molecule has 1 aliphatic carbocycles. The molecule has 0 bridgehead atoms. The van der Waals surface area contributed by atoms with Gasteiger partial charge >= 0.3 is 0 Å². The topological polar surface area (TPSA) is 19.0 Å². The van der Waals surface area contributed by atoms with E-state index in [0.717, 1.165) is 30.5 Å². The Morgan fingerprint density at radius 1 is 0.913 bits per heavy atom. The molecule has 2 saturated heterocycles. The average Bonchev–Trinajstić information content (AvgIpc) is 2.52. The van der Waals surface area contributed by atoms with Gasteiger partial charge in [0.1, 0.15) is 0 Å². The monoisotopic (exact) mass is 323 g/mol. The van der Waals surface area contributed by atoms with Crippen molar-refractivity contribution in [3.8, 4) is 0 Å². The van der Waals surface area contributed by atoms with Gasteiger partial charge in [-0.15, -0.1) is 0 Å². The highest BCUT2D eigenvalue weighted by Crippen LogP contribution is 2.32. The van der Waals surface area contributed by atoms with Crippen molar-refractivity contribution >= 4 is 0 Å². The highest BCUT2D eigenvalue weighted by atomic mass is 16.5. The van der Waals surface area contributed by atoms with Gasteiger partial charge in [-0.25, -0.2) is 0 Å². The van der Waals surface area contributed by atoms with Crippen molar-refractivity contribution in [1.82, 2.24) is 14.7 Å². The van der Waals surface area contributed by atoms with E-state index in [1.807, 2.05) is 7.11 Å². The maximum absolute atomic E-state index is 5.28. The van der Waals surface area contributed by atoms with Crippen molar-refractivity contribution in [3.63, 3.8) is 0 Å². The SMILES string of the molecule is COCC1CC(N2CCN(CC3CCN(C(C)C)CC3)CC2)C1. The van der Waals surface area contributed by atoms with E-state index in [2.05, 4.69) is 28.5 Å². The first-order chi connectivity index (χ1) is 11.2. The molecule has 0 N–H and O–H groups in total. The third kappa shape index (κ3) is 4.68. The number of rotatable bonds is 6. The molecule has 3 fully saturated rings. The maximum Gasteiger partial charge on any atom is 0.0491 e. The number of hydrogen-bond acceptors (Lipinski definition) is 4. The van der Waals surface area contributed by atoms with Crippen molar-refractivity contribution in [2.75, 3.05) is 59.5 Å². The van der Waals surface area contributed by atoms with Gasteiger partial charge in [0.2, 0.25) is 0 Å². The van der Waals surface area contributed by atoms with Gasteiger partial charge in [-0.05, 0) is 64.5 Å². The zero-order valence-corrected chi connectivity index (χ0v) is 15.5. The summed E-state index contributed by atoms with van der Waals surface area (Å²) in [5.74, 6) is 1.76. The molecule has 0 unspecified atom stereocenters. The summed E-state index contributed by atoms with van der Waals surface area (Å²) in [5, 5.41) is 0. The summed E-state index contributed by atoms with van der Waals surface area (Å²) >= 11 is 0. The summed E-state index contributed by atoms with van der Waals surface area (Å²) in [6.07, 6.45) is 5.53. The molecule has 0 aromatic heterocycles. The van der Waals surface area contributed by atoms with Crippen LogP contribution < -0.4 is 0 Å². The maximum atomic E-state index is 5.28. The normalized spacial score (nSPS) is 32.3. The highest BCUT2D eigenvalue weighted by Gasteiger charge is 2.35. The molecular weight excluding hydrogens is 286 g/mol. The summed E-state index contributed by atoms with van der Waals surface area (Å²) < 4.78 is 5.28. The summed E-state index contributed by atoms with van der Waals surface area (Å²) in [5.41, 5.74) is 0. The second-order valence-corrected chi connectivity index (χ2v) is 8.36. The Bertz CT molecular complexity index is 341. The van der Waals surface area contributed by atoms with E-state index in [1.54, 1.807) is 0 Å². The molecule has 0 radical (unpaired) electrons. The number of likely N-dealkylation sites (tertiary alicyclic amines) is 1. The van der Waals surface area contributed by atoms with E-state index in [4.69, 9.17) is 4.74 Å². The summed E-state index contributed by atoms with van der Waals surface area (Å²) in [6.45, 7) is 14.7. The second-order valence-electron chi connectivity index (χ2n) is 8.36. The van der Waals surface area contributed by atoms with Crippen LogP contribution in [0.4, 0.5) is 0 Å². The van der Waals surface area contributed by atoms with E-state index in [0.29, 0.717) is 0 Å². The third-order valence-electron chi connectivity index (χ3n) is 6.43. The van der Waals surface area contributed by atoms with Crippen LogP contribution in [0.1, 0.15) is 39.5 Å². The number of piperazine rings is 1. The quantitative estimate of drug-likeness (QED) is 0.745. The number of methoxy groups -OCH3 is 1. The molecule has 4 nitrogen and oxygen atoms in total. The van der Waals surface area contributed by atoms with Gasteiger partial charge in [-0.3, -0.25) is 4.90 Å². The van der Waals surface area contributed by atoms with Gasteiger partial charge in [-0.2, -0.15) is 0 Å². The van der Waals surface area contributed by atoms with Crippen LogP contribution in [0.25, 0.3) is 0 Å². The predicted octanol–water partition coefficient (Wildman–Crippen LogP) is 2.15. The number of ether oxygens (including phenoxy) is 1. The van der Waals surface area contributed by atoms with Crippen LogP contribution in [0.3, 0.4) is 0 Å². The van der Waals surface area contributed by atoms with Gasteiger partial charge < -0.3 is 14.5 Å². The molecule has 2 heterocycles. The first-order valence-corrected chi connectivity index (χ1v) is 9.85. The molecule has 2 aliphatic heterocycles. The van der Waals surface area contributed by atoms with E-state index >= 15 is 0 Å². The highest BCUT2D eigenvalue weighted by molar-refractivity contribution is 4.89. The standard InChI is InChI=1S/C19H37N3O/c1-16(2)21-6-4-17(5-7-21)14-20-8-10-22(11-9-20)19-12-18(13-19)15-23-3/h16-19H,4-15H2,1-3H3. The van der Waals surface area contributed by atoms with Gasteiger partial charge in [0.25, 0.3) is 0 Å². The van der Waals surface area contributed by atoms with Crippen molar-refractivity contribution < 1.29 is 4.74 Å². The third-order valence-corrected chi connectivity index (χ3v) is 6.43. The van der Waals surface area contributed by atoms with E-state index in [9.17, 15) is 0 Å². The molecule has 3 aliphatic rings. The molecule has 0 atom stereocenters. The van der Waals surface area contributed by atoms with Crippen molar-refractivity contribution in [2.24, 2.45) is 11.8 Å². The van der Waals surface area contributed by atoms with E-state index in [1.165, 1.54) is 71.5 Å². The Hall–Kier alpha value is -0.160. The number of hydrogen-bond donors (Lipinski definition) is 0. The zero-order valence-electron chi connectivity index (χ0n) is 15.5. The molecule has 0 spiro atoms. The fraction of sp³-hybridized carbons (Fsp3) is 1.00. The minimum atomic E-state index is 0.726. The molecule has 4 heteroatoms. The minimum absolute atomic E-state index is 0.726. The summed E-state index contributed by atoms with van der Waals surface area (Å²) in [7, 11) is 1.83. The molecule has 134 valence electrons. The fourth-order valence-electron chi connectivity index (χ4n) is 4.70. The second kappa shape index (κ2) is 8.28. The van der Waals surface area contributed by atoms with E-state index in [-0.39, 0.29) is 0 Å². The van der Waals surface area contributed by atoms with Gasteiger partial charge in [0.05, 0.1) is 0 Å². The first-order valence-electron chi connectivity index (χ1n) is 9.85. The van der Waals surface area contributed by atoms with Crippen LogP contribution in [0.15, 0.2) is 0 Å². The molecule has 23 heavy (non-hydrogen) atoms. The average molecular weight is 324 g/mol. The first kappa shape index (κ1) is 17.7. The zero-order chi connectivity index (χ0) is 16.2. The molecule has 0 aromatic carbocycles. The van der Waals surface area contributed by atoms with Crippen LogP contribution in [-0.2, 0) is 4.74 Å². The van der Waals surface area contributed by atoms with Crippen LogP contribution >= 0.6 is 0 Å². The van der Waals surface area contributed by atoms with Crippen molar-refractivity contribution in [1.29, 1.82) is 0 Å². The molecule has 0 amide bonds. The van der Waals surface area contributed by atoms with Crippen molar-refractivity contribution in [3.05, 3.63) is 0 Å². The molecule has 3 rings (SSSR count). The lowest BCUT2D eigenvalue weighted by atomic mass is 9.79. The number of nitrogens with zero attached hydrogens (tertiary/aromatic N) is 3. The molecule has 1 saturated carbocycles. The van der Waals surface area contributed by atoms with Crippen LogP contribution in [0.2, 0.25) is 0 Å². The number of piperidine rings is 1. The summed E-state index contributed by atoms with van der Waals surface area (Å²) in [6, 6.07) is 1.58. The Morgan fingerprint density at radius 3 is 2.13 bits per heavy atom. The Morgan fingerprint density at radius 2 is 1.57 bits per heavy atom. The lowest BCUT2D eigenvalue weighted by molar-refractivity contribution is 0.000759. The summed E-state index contributed by atoms with van der Waals surface area (Å²) in [4.78, 5) is 8.11.